The molecule has 0 bridgehead atoms. The fourth-order valence-electron chi connectivity index (χ4n) is 11.0. The van der Waals surface area contributed by atoms with Gasteiger partial charge >= 0.3 is 12.2 Å². The Balaban J connectivity index is 1.02. The molecule has 4 saturated heterocycles. The van der Waals surface area contributed by atoms with Gasteiger partial charge in [0.05, 0.1) is 64.1 Å². The highest BCUT2D eigenvalue weighted by molar-refractivity contribution is 6.33. The molecule has 6 atom stereocenters. The fraction of sp³-hybridized carbons (Fsp3) is 0.520. The molecule has 0 aliphatic carbocycles. The minimum Gasteiger partial charge on any atom is -0.465 e. The van der Waals surface area contributed by atoms with Crippen LogP contribution in [0.1, 0.15) is 132 Å². The predicted molar refractivity (Wildman–Crippen MR) is 258 cm³/mol. The second kappa shape index (κ2) is 19.3. The zero-order valence-electron chi connectivity index (χ0n) is 39.1. The van der Waals surface area contributed by atoms with Crippen LogP contribution in [0, 0.1) is 11.8 Å². The van der Waals surface area contributed by atoms with E-state index < -0.39 is 24.3 Å². The van der Waals surface area contributed by atoms with Crippen molar-refractivity contribution >= 4 is 69.0 Å². The summed E-state index contributed by atoms with van der Waals surface area (Å²) in [4.78, 5) is 77.2. The number of halogens is 1. The van der Waals surface area contributed by atoms with Crippen molar-refractivity contribution < 1.29 is 29.0 Å². The molecule has 67 heavy (non-hydrogen) atoms. The molecule has 4 aliphatic rings. The summed E-state index contributed by atoms with van der Waals surface area (Å²) in [6.45, 7) is 10.6. The van der Waals surface area contributed by atoms with E-state index in [-0.39, 0.29) is 47.8 Å². The van der Waals surface area contributed by atoms with E-state index in [1.807, 2.05) is 32.6 Å². The van der Waals surface area contributed by atoms with Gasteiger partial charge in [-0.05, 0) is 123 Å². The minimum atomic E-state index is -1.22. The number of fused-ring (bicyclic) bond motifs is 2. The molecular formula is C50H63ClN10O6. The Labute approximate surface area is 396 Å². The van der Waals surface area contributed by atoms with Crippen molar-refractivity contribution in [1.29, 1.82) is 0 Å². The number of anilines is 2. The van der Waals surface area contributed by atoms with Crippen molar-refractivity contribution in [1.82, 2.24) is 40.4 Å². The van der Waals surface area contributed by atoms with Crippen LogP contribution in [0.25, 0.3) is 22.1 Å². The molecule has 4 fully saturated rings. The van der Waals surface area contributed by atoms with Crippen LogP contribution >= 0.6 is 11.6 Å². The average molecular weight is 936 g/mol. The maximum Gasteiger partial charge on any atom is 0.407 e. The predicted octanol–water partition coefficient (Wildman–Crippen LogP) is 9.17. The average Bonchev–Trinajstić information content (AvgIpc) is 4.18. The molecule has 0 spiro atoms. The standard InChI is InChI=1S/C50H63ClN10O6/c1-28(2)43(56-49(64)65)47(62)59-23-9-11-41(59)45-52-34-16-13-30(25-36(34)54-45)38-19-20-39(61(38)32-15-18-40(33(51)27-32)58-21-7-6-8-22-58)31-14-17-35-37(26-31)55-46(53-35)42-12-10-24-60(42)48(63)44(29(3)4)57-50(66)67-5/h13-18,25-29,38-39,41-44,56H,6-12,19-24H2,1-5H3,(H,52,54)(H,53,55)(H,57,66)(H,64,65)/t38-,39-,41+,42+,43+,44+/m1/s1. The van der Waals surface area contributed by atoms with Crippen LogP contribution in [-0.4, -0.2) is 104 Å². The monoisotopic (exact) mass is 934 g/mol. The molecule has 5 N–H and O–H groups in total. The summed E-state index contributed by atoms with van der Waals surface area (Å²) in [5.41, 5.74) is 7.76. The maximum atomic E-state index is 13.9. The van der Waals surface area contributed by atoms with Crippen LogP contribution in [0.3, 0.4) is 0 Å². The first-order valence-electron chi connectivity index (χ1n) is 24.1. The van der Waals surface area contributed by atoms with Gasteiger partial charge in [0.2, 0.25) is 11.8 Å². The number of carbonyl (C=O) groups is 4. The number of H-pyrrole nitrogens is 2. The molecule has 17 heteroatoms. The van der Waals surface area contributed by atoms with E-state index in [1.165, 1.54) is 13.5 Å². The van der Waals surface area contributed by atoms with E-state index in [0.29, 0.717) is 18.9 Å². The zero-order chi connectivity index (χ0) is 47.1. The van der Waals surface area contributed by atoms with Crippen LogP contribution in [0.15, 0.2) is 54.6 Å². The molecular weight excluding hydrogens is 872 g/mol. The number of nitrogens with zero attached hydrogens (tertiary/aromatic N) is 6. The van der Waals surface area contributed by atoms with E-state index in [1.54, 1.807) is 4.90 Å². The number of benzene rings is 3. The fourth-order valence-corrected chi connectivity index (χ4v) is 11.3. The SMILES string of the molecule is COC(=O)N[C@H](C(=O)N1CCC[C@H]1c1nc2ccc([C@H]3CC[C@H](c4ccc5nc([C@@H]6CCCN6C(=O)[C@@H](NC(=O)O)C(C)C)[nH]c5c4)N3c3ccc(N4CCCCC4)c(Cl)c3)cc2[nH]1)C(C)C. The molecule has 0 saturated carbocycles. The van der Waals surface area contributed by atoms with Gasteiger partial charge in [-0.3, -0.25) is 9.59 Å². The van der Waals surface area contributed by atoms with Crippen LogP contribution < -0.4 is 20.4 Å². The number of piperidine rings is 1. The Bertz CT molecular complexity index is 2640. The zero-order valence-corrected chi connectivity index (χ0v) is 39.8. The lowest BCUT2D eigenvalue weighted by Gasteiger charge is -2.35. The van der Waals surface area contributed by atoms with Gasteiger partial charge in [0.1, 0.15) is 23.7 Å². The third-order valence-electron chi connectivity index (χ3n) is 14.4. The van der Waals surface area contributed by atoms with Gasteiger partial charge in [0.25, 0.3) is 0 Å². The normalized spacial score (nSPS) is 22.0. The number of imidazole rings is 2. The van der Waals surface area contributed by atoms with Gasteiger partial charge in [-0.15, -0.1) is 0 Å². The van der Waals surface area contributed by atoms with E-state index >= 15 is 0 Å². The highest BCUT2D eigenvalue weighted by Crippen LogP contribution is 2.49. The lowest BCUT2D eigenvalue weighted by molar-refractivity contribution is -0.136. The van der Waals surface area contributed by atoms with E-state index in [9.17, 15) is 24.3 Å². The van der Waals surface area contributed by atoms with Gasteiger partial charge in [-0.2, -0.15) is 0 Å². The highest BCUT2D eigenvalue weighted by atomic mass is 35.5. The Morgan fingerprint density at radius 3 is 1.67 bits per heavy atom. The molecule has 4 amide bonds. The largest absolute Gasteiger partial charge is 0.465 e. The van der Waals surface area contributed by atoms with E-state index in [2.05, 4.69) is 85.0 Å². The molecule has 6 heterocycles. The van der Waals surface area contributed by atoms with Crippen molar-refractivity contribution in [2.24, 2.45) is 11.8 Å². The molecule has 3 aromatic carbocycles. The number of ether oxygens (including phenoxy) is 1. The van der Waals surface area contributed by atoms with Gasteiger partial charge in [0.15, 0.2) is 0 Å². The molecule has 9 rings (SSSR count). The molecule has 2 aromatic heterocycles. The number of hydrogen-bond acceptors (Lipinski definition) is 9. The summed E-state index contributed by atoms with van der Waals surface area (Å²) in [6, 6.07) is 17.2. The summed E-state index contributed by atoms with van der Waals surface area (Å²) in [7, 11) is 1.30. The number of hydrogen-bond donors (Lipinski definition) is 5. The summed E-state index contributed by atoms with van der Waals surface area (Å²) < 4.78 is 4.84. The van der Waals surface area contributed by atoms with Crippen molar-refractivity contribution in [2.75, 3.05) is 43.1 Å². The summed E-state index contributed by atoms with van der Waals surface area (Å²) >= 11 is 7.20. The van der Waals surface area contributed by atoms with Gasteiger partial charge < -0.3 is 50.0 Å². The molecule has 0 unspecified atom stereocenters. The summed E-state index contributed by atoms with van der Waals surface area (Å²) in [5.74, 6) is 0.710. The maximum absolute atomic E-state index is 13.9. The number of nitrogens with one attached hydrogen (secondary N) is 4. The third kappa shape index (κ3) is 9.20. The topological polar surface area (TPSA) is 192 Å². The first kappa shape index (κ1) is 46.1. The van der Waals surface area contributed by atoms with E-state index in [4.69, 9.17) is 26.3 Å². The first-order valence-corrected chi connectivity index (χ1v) is 24.4. The molecule has 356 valence electrons. The van der Waals surface area contributed by atoms with Crippen molar-refractivity contribution in [3.8, 4) is 0 Å². The third-order valence-corrected chi connectivity index (χ3v) is 14.7. The number of aromatic amines is 2. The second-order valence-corrected chi connectivity index (χ2v) is 19.8. The van der Waals surface area contributed by atoms with Crippen molar-refractivity contribution in [2.45, 2.75) is 122 Å². The van der Waals surface area contributed by atoms with Gasteiger partial charge in [0, 0.05) is 31.9 Å². The smallest absolute Gasteiger partial charge is 0.407 e. The van der Waals surface area contributed by atoms with Crippen LogP contribution in [0.4, 0.5) is 21.0 Å². The molecule has 0 radical (unpaired) electrons. The Kier molecular flexibility index (Phi) is 13.3. The first-order chi connectivity index (χ1) is 32.3. The quantitative estimate of drug-likeness (QED) is 0.0806. The number of carbonyl (C=O) groups excluding carboxylic acids is 3. The number of likely N-dealkylation sites (tertiary alicyclic amines) is 2. The van der Waals surface area contributed by atoms with Crippen LogP contribution in [-0.2, 0) is 14.3 Å². The van der Waals surface area contributed by atoms with Gasteiger partial charge in [-0.1, -0.05) is 51.4 Å². The number of carboxylic acid groups (broad SMARTS) is 1. The Morgan fingerprint density at radius 1 is 0.672 bits per heavy atom. The number of aromatic nitrogens is 4. The minimum absolute atomic E-state index is 0.00166. The van der Waals surface area contributed by atoms with Crippen molar-refractivity contribution in [3.63, 3.8) is 0 Å². The highest BCUT2D eigenvalue weighted by Gasteiger charge is 2.41. The molecule has 4 aliphatic heterocycles. The number of methoxy groups -OCH3 is 1. The van der Waals surface area contributed by atoms with Gasteiger partial charge in [-0.25, -0.2) is 19.6 Å². The molecule has 16 nitrogen and oxygen atoms in total. The van der Waals surface area contributed by atoms with E-state index in [0.717, 1.165) is 120 Å². The lowest BCUT2D eigenvalue weighted by Crippen LogP contribution is -2.51. The summed E-state index contributed by atoms with van der Waals surface area (Å²) in [6.07, 6.45) is 6.57. The Morgan fingerprint density at radius 2 is 1.19 bits per heavy atom. The van der Waals surface area contributed by atoms with Crippen LogP contribution in [0.5, 0.6) is 0 Å². The number of alkyl carbamates (subject to hydrolysis) is 1. The number of amides is 4. The Hall–Kier alpha value is -6.03. The van der Waals surface area contributed by atoms with Crippen LogP contribution in [0.2, 0.25) is 5.02 Å². The number of rotatable bonds is 12. The lowest BCUT2D eigenvalue weighted by atomic mass is 10.0. The molecule has 5 aromatic rings. The second-order valence-electron chi connectivity index (χ2n) is 19.4. The van der Waals surface area contributed by atoms with Crippen molar-refractivity contribution in [3.05, 3.63) is 82.4 Å². The summed E-state index contributed by atoms with van der Waals surface area (Å²) in [5, 5.41) is 15.4.